The van der Waals surface area contributed by atoms with Crippen LogP contribution >= 0.6 is 0 Å². The summed E-state index contributed by atoms with van der Waals surface area (Å²) in [7, 11) is 0. The molecule has 0 spiro atoms. The van der Waals surface area contributed by atoms with Crippen molar-refractivity contribution < 1.29 is 8.81 Å². The fraction of sp³-hybridized carbons (Fsp3) is 0.188. The average Bonchev–Trinajstić information content (AvgIpc) is 3.65. The van der Waals surface area contributed by atoms with Crippen LogP contribution in [0, 0.1) is 19.7 Å². The van der Waals surface area contributed by atoms with Crippen LogP contribution in [0.4, 0.5) is 4.39 Å². The van der Waals surface area contributed by atoms with Crippen molar-refractivity contribution >= 4 is 10.9 Å². The van der Waals surface area contributed by atoms with Gasteiger partial charge in [0.15, 0.2) is 5.82 Å². The number of hydrogen-bond acceptors (Lipinski definition) is 6. The minimum Gasteiger partial charge on any atom is -0.468 e. The van der Waals surface area contributed by atoms with Gasteiger partial charge < -0.3 is 9.40 Å². The minimum absolute atomic E-state index is 0.223. The monoisotopic (exact) mass is 548 g/mol. The van der Waals surface area contributed by atoms with Gasteiger partial charge in [-0.2, -0.15) is 0 Å². The molecule has 8 nitrogen and oxygen atoms in total. The van der Waals surface area contributed by atoms with Crippen molar-refractivity contribution in [3.63, 3.8) is 0 Å². The van der Waals surface area contributed by atoms with E-state index in [1.54, 1.807) is 23.1 Å². The van der Waals surface area contributed by atoms with Crippen LogP contribution in [-0.4, -0.2) is 30.1 Å². The van der Waals surface area contributed by atoms with Crippen LogP contribution in [0.3, 0.4) is 0 Å². The van der Waals surface area contributed by atoms with Gasteiger partial charge in [0.25, 0.3) is 5.56 Å². The van der Waals surface area contributed by atoms with Crippen LogP contribution in [0.2, 0.25) is 0 Å². The Labute approximate surface area is 236 Å². The first-order valence-corrected chi connectivity index (χ1v) is 13.4. The van der Waals surface area contributed by atoms with Gasteiger partial charge in [0.2, 0.25) is 0 Å². The lowest BCUT2D eigenvalue weighted by molar-refractivity contribution is 0.179. The maximum Gasteiger partial charge on any atom is 0.253 e. The number of hydrogen-bond donors (Lipinski definition) is 1. The molecule has 9 heteroatoms. The standard InChI is InChI=1S/C32H29FN6O2/c1-21-15-25-17-28(32(40)34-29(25)16-22(21)2)30(31-35-36-37-39(31)19-24-10-12-26(33)13-11-24)38(20-27-9-6-14-41-27)18-23-7-4-3-5-8-23/h3-17,30H,18-20H2,1-2H3,(H,34,40). The Morgan fingerprint density at radius 2 is 1.71 bits per heavy atom. The van der Waals surface area contributed by atoms with E-state index in [0.29, 0.717) is 31.0 Å². The van der Waals surface area contributed by atoms with Crippen molar-refractivity contribution in [1.82, 2.24) is 30.1 Å². The predicted molar refractivity (Wildman–Crippen MR) is 154 cm³/mol. The van der Waals surface area contributed by atoms with E-state index >= 15 is 0 Å². The molecule has 3 aromatic carbocycles. The molecule has 3 heterocycles. The Bertz CT molecular complexity index is 1830. The van der Waals surface area contributed by atoms with E-state index in [1.165, 1.54) is 12.1 Å². The van der Waals surface area contributed by atoms with E-state index in [2.05, 4.69) is 38.4 Å². The molecule has 0 bridgehead atoms. The molecule has 0 saturated heterocycles. The second-order valence-electron chi connectivity index (χ2n) is 10.3. The van der Waals surface area contributed by atoms with Gasteiger partial charge in [0.05, 0.1) is 19.4 Å². The summed E-state index contributed by atoms with van der Waals surface area (Å²) in [6.07, 6.45) is 1.64. The molecule has 1 atom stereocenters. The number of fused-ring (bicyclic) bond motifs is 1. The predicted octanol–water partition coefficient (Wildman–Crippen LogP) is 5.70. The third-order valence-electron chi connectivity index (χ3n) is 7.36. The quantitative estimate of drug-likeness (QED) is 0.249. The van der Waals surface area contributed by atoms with Crippen LogP contribution in [0.1, 0.15) is 45.4 Å². The summed E-state index contributed by atoms with van der Waals surface area (Å²) in [6.45, 7) is 5.29. The summed E-state index contributed by atoms with van der Waals surface area (Å²) in [5.41, 5.74) is 5.18. The highest BCUT2D eigenvalue weighted by molar-refractivity contribution is 5.81. The van der Waals surface area contributed by atoms with Gasteiger partial charge in [-0.25, -0.2) is 9.07 Å². The number of nitrogens with one attached hydrogen (secondary N) is 1. The van der Waals surface area contributed by atoms with E-state index in [4.69, 9.17) is 4.42 Å². The Balaban J connectivity index is 1.52. The number of H-pyrrole nitrogens is 1. The highest BCUT2D eigenvalue weighted by Crippen LogP contribution is 2.31. The second-order valence-corrected chi connectivity index (χ2v) is 10.3. The molecule has 0 aliphatic carbocycles. The highest BCUT2D eigenvalue weighted by atomic mass is 19.1. The summed E-state index contributed by atoms with van der Waals surface area (Å²) in [5, 5.41) is 13.7. The largest absolute Gasteiger partial charge is 0.468 e. The first-order valence-electron chi connectivity index (χ1n) is 13.4. The molecule has 3 aromatic heterocycles. The molecule has 0 saturated carbocycles. The Kier molecular flexibility index (Phi) is 7.26. The fourth-order valence-corrected chi connectivity index (χ4v) is 5.14. The average molecular weight is 549 g/mol. The lowest BCUT2D eigenvalue weighted by Crippen LogP contribution is -2.34. The van der Waals surface area contributed by atoms with E-state index in [0.717, 1.165) is 38.9 Å². The molecule has 0 aliphatic rings. The van der Waals surface area contributed by atoms with Gasteiger partial charge in [-0.05, 0) is 94.4 Å². The lowest BCUT2D eigenvalue weighted by atomic mass is 10.00. The number of furan rings is 1. The highest BCUT2D eigenvalue weighted by Gasteiger charge is 2.31. The minimum atomic E-state index is -0.634. The summed E-state index contributed by atoms with van der Waals surface area (Å²) in [5.74, 6) is 0.918. The summed E-state index contributed by atoms with van der Waals surface area (Å²) in [6, 6.07) is 25.4. The van der Waals surface area contributed by atoms with Crippen molar-refractivity contribution in [3.05, 3.63) is 147 Å². The van der Waals surface area contributed by atoms with Crippen molar-refractivity contribution in [2.24, 2.45) is 0 Å². The molecular formula is C32H29FN6O2. The Hall–Kier alpha value is -4.89. The Morgan fingerprint density at radius 3 is 2.46 bits per heavy atom. The molecule has 206 valence electrons. The van der Waals surface area contributed by atoms with Gasteiger partial charge in [0.1, 0.15) is 17.6 Å². The molecule has 1 N–H and O–H groups in total. The van der Waals surface area contributed by atoms with Crippen molar-refractivity contribution in [1.29, 1.82) is 0 Å². The summed E-state index contributed by atoms with van der Waals surface area (Å²) in [4.78, 5) is 19.0. The van der Waals surface area contributed by atoms with E-state index in [9.17, 15) is 9.18 Å². The number of aryl methyl sites for hydroxylation is 2. The van der Waals surface area contributed by atoms with Crippen LogP contribution < -0.4 is 5.56 Å². The maximum absolute atomic E-state index is 13.8. The van der Waals surface area contributed by atoms with E-state index < -0.39 is 6.04 Å². The van der Waals surface area contributed by atoms with Gasteiger partial charge in [0, 0.05) is 17.6 Å². The van der Waals surface area contributed by atoms with Crippen LogP contribution in [-0.2, 0) is 19.6 Å². The number of nitrogens with zero attached hydrogens (tertiary/aromatic N) is 5. The van der Waals surface area contributed by atoms with Crippen molar-refractivity contribution in [2.45, 2.75) is 39.5 Å². The number of rotatable bonds is 9. The van der Waals surface area contributed by atoms with E-state index in [1.807, 2.05) is 61.5 Å². The zero-order valence-corrected chi connectivity index (χ0v) is 22.8. The molecule has 0 aliphatic heterocycles. The number of tetrazole rings is 1. The first-order chi connectivity index (χ1) is 19.9. The number of aromatic nitrogens is 5. The smallest absolute Gasteiger partial charge is 0.253 e. The third kappa shape index (κ3) is 5.71. The lowest BCUT2D eigenvalue weighted by Gasteiger charge is -2.30. The van der Waals surface area contributed by atoms with Gasteiger partial charge >= 0.3 is 0 Å². The molecule has 0 radical (unpaired) electrons. The molecule has 0 fully saturated rings. The van der Waals surface area contributed by atoms with Crippen LogP contribution in [0.25, 0.3) is 10.9 Å². The summed E-state index contributed by atoms with van der Waals surface area (Å²) < 4.78 is 21.0. The zero-order valence-electron chi connectivity index (χ0n) is 22.8. The molecular weight excluding hydrogens is 519 g/mol. The number of halogens is 1. The second kappa shape index (κ2) is 11.3. The van der Waals surface area contributed by atoms with Crippen molar-refractivity contribution in [3.8, 4) is 0 Å². The molecule has 6 rings (SSSR count). The van der Waals surface area contributed by atoms with Crippen LogP contribution in [0.5, 0.6) is 0 Å². The van der Waals surface area contributed by atoms with Gasteiger partial charge in [-0.1, -0.05) is 42.5 Å². The number of aromatic amines is 1. The fourth-order valence-electron chi connectivity index (χ4n) is 5.14. The number of benzene rings is 3. The van der Waals surface area contributed by atoms with Gasteiger partial charge in [-0.3, -0.25) is 9.69 Å². The molecule has 0 amide bonds. The van der Waals surface area contributed by atoms with Crippen molar-refractivity contribution in [2.75, 3.05) is 0 Å². The molecule has 6 aromatic rings. The topological polar surface area (TPSA) is 92.8 Å². The first kappa shape index (κ1) is 26.3. The maximum atomic E-state index is 13.8. The molecule has 41 heavy (non-hydrogen) atoms. The summed E-state index contributed by atoms with van der Waals surface area (Å²) >= 11 is 0. The zero-order chi connectivity index (χ0) is 28.3. The SMILES string of the molecule is Cc1cc2cc(C(c3nnnn3Cc3ccc(F)cc3)N(Cc3ccccc3)Cc3ccco3)c(=O)[nH]c2cc1C. The molecule has 1 unspecified atom stereocenters. The van der Waals surface area contributed by atoms with Crippen LogP contribution in [0.15, 0.2) is 100 Å². The van der Waals surface area contributed by atoms with Gasteiger partial charge in [-0.15, -0.1) is 5.10 Å². The Morgan fingerprint density at radius 1 is 0.927 bits per heavy atom. The number of pyridine rings is 1. The normalized spacial score (nSPS) is 12.3. The van der Waals surface area contributed by atoms with E-state index in [-0.39, 0.29) is 11.4 Å². The third-order valence-corrected chi connectivity index (χ3v) is 7.36.